The Morgan fingerprint density at radius 2 is 2.11 bits per heavy atom. The predicted molar refractivity (Wildman–Crippen MR) is 73.2 cm³/mol. The molecule has 0 radical (unpaired) electrons. The van der Waals surface area contributed by atoms with Gasteiger partial charge in [-0.3, -0.25) is 0 Å². The molecule has 18 heavy (non-hydrogen) atoms. The normalized spacial score (nSPS) is 10.6. The number of aryl methyl sites for hydroxylation is 2. The summed E-state index contributed by atoms with van der Waals surface area (Å²) in [5, 5.41) is 0. The second-order valence-corrected chi connectivity index (χ2v) is 4.41. The van der Waals surface area contributed by atoms with Crippen molar-refractivity contribution in [2.75, 3.05) is 7.11 Å². The Balaban J connectivity index is 2.13. The minimum Gasteiger partial charge on any atom is -0.496 e. The lowest BCUT2D eigenvalue weighted by Crippen LogP contribution is -2.07. The Hall–Kier alpha value is -1.48. The molecule has 2 aromatic rings. The van der Waals surface area contributed by atoms with Crippen molar-refractivity contribution in [2.24, 2.45) is 0 Å². The minimum atomic E-state index is 0.493. The topological polar surface area (TPSA) is 27.1 Å². The highest BCUT2D eigenvalue weighted by Gasteiger charge is 2.07. The van der Waals surface area contributed by atoms with Crippen molar-refractivity contribution in [1.29, 1.82) is 0 Å². The van der Waals surface area contributed by atoms with E-state index in [2.05, 4.69) is 15.6 Å². The molecule has 4 heteroatoms. The number of aromatic nitrogens is 2. The molecule has 96 valence electrons. The summed E-state index contributed by atoms with van der Waals surface area (Å²) in [7, 11) is 1.70. The molecule has 1 aromatic heterocycles. The molecule has 1 heterocycles. The van der Waals surface area contributed by atoms with Gasteiger partial charge < -0.3 is 9.30 Å². The van der Waals surface area contributed by atoms with Crippen LogP contribution in [0.25, 0.3) is 0 Å². The second-order valence-electron chi connectivity index (χ2n) is 4.14. The summed E-state index contributed by atoms with van der Waals surface area (Å²) >= 11 is 5.90. The van der Waals surface area contributed by atoms with Crippen LogP contribution in [0, 0.1) is 6.92 Å². The first kappa shape index (κ1) is 13.0. The van der Waals surface area contributed by atoms with E-state index in [1.807, 2.05) is 31.3 Å². The fourth-order valence-electron chi connectivity index (χ4n) is 2.07. The van der Waals surface area contributed by atoms with Crippen molar-refractivity contribution >= 4 is 11.6 Å². The van der Waals surface area contributed by atoms with Crippen LogP contribution in [0.15, 0.2) is 30.5 Å². The first-order valence-electron chi connectivity index (χ1n) is 5.95. The quantitative estimate of drug-likeness (QED) is 0.776. The van der Waals surface area contributed by atoms with Gasteiger partial charge in [0, 0.05) is 12.7 Å². The molecule has 1 aromatic carbocycles. The number of methoxy groups -OCH3 is 1. The number of nitrogens with zero attached hydrogens (tertiary/aromatic N) is 2. The number of ether oxygens (including phenoxy) is 1. The standard InChI is InChI=1S/C14H17ClN2O/c1-11-16-10-13(9-15)17(11)8-7-12-5-3-4-6-14(12)18-2/h3-6,10H,7-9H2,1-2H3. The van der Waals surface area contributed by atoms with Gasteiger partial charge >= 0.3 is 0 Å². The van der Waals surface area contributed by atoms with Crippen LogP contribution in [-0.4, -0.2) is 16.7 Å². The van der Waals surface area contributed by atoms with Crippen LogP contribution in [0.5, 0.6) is 5.75 Å². The van der Waals surface area contributed by atoms with E-state index in [1.165, 1.54) is 5.56 Å². The molecule has 0 aliphatic carbocycles. The van der Waals surface area contributed by atoms with E-state index >= 15 is 0 Å². The first-order chi connectivity index (χ1) is 8.76. The zero-order valence-corrected chi connectivity index (χ0v) is 11.4. The number of alkyl halides is 1. The van der Waals surface area contributed by atoms with Gasteiger partial charge in [0.2, 0.25) is 0 Å². The van der Waals surface area contributed by atoms with Crippen molar-refractivity contribution in [3.8, 4) is 5.75 Å². The van der Waals surface area contributed by atoms with E-state index in [1.54, 1.807) is 7.11 Å². The smallest absolute Gasteiger partial charge is 0.122 e. The highest BCUT2D eigenvalue weighted by atomic mass is 35.5. The molecule has 3 nitrogen and oxygen atoms in total. The van der Waals surface area contributed by atoms with E-state index in [4.69, 9.17) is 16.3 Å². The van der Waals surface area contributed by atoms with Gasteiger partial charge in [-0.2, -0.15) is 0 Å². The number of benzene rings is 1. The lowest BCUT2D eigenvalue weighted by Gasteiger charge is -2.11. The third-order valence-electron chi connectivity index (χ3n) is 3.07. The molecule has 2 rings (SSSR count). The number of hydrogen-bond donors (Lipinski definition) is 0. The van der Waals surface area contributed by atoms with E-state index in [0.717, 1.165) is 30.2 Å². The summed E-state index contributed by atoms with van der Waals surface area (Å²) in [6.07, 6.45) is 2.75. The molecule has 0 saturated carbocycles. The lowest BCUT2D eigenvalue weighted by atomic mass is 10.1. The highest BCUT2D eigenvalue weighted by molar-refractivity contribution is 6.16. The summed E-state index contributed by atoms with van der Waals surface area (Å²) in [6.45, 7) is 2.87. The van der Waals surface area contributed by atoms with Gasteiger partial charge in [-0.25, -0.2) is 4.98 Å². The number of imidazole rings is 1. The number of hydrogen-bond acceptors (Lipinski definition) is 2. The average Bonchev–Trinajstić information content (AvgIpc) is 2.77. The minimum absolute atomic E-state index is 0.493. The largest absolute Gasteiger partial charge is 0.496 e. The van der Waals surface area contributed by atoms with Gasteiger partial charge in [0.1, 0.15) is 11.6 Å². The van der Waals surface area contributed by atoms with Crippen molar-refractivity contribution in [3.63, 3.8) is 0 Å². The van der Waals surface area contributed by atoms with Gasteiger partial charge in [0.05, 0.1) is 18.7 Å². The average molecular weight is 265 g/mol. The lowest BCUT2D eigenvalue weighted by molar-refractivity contribution is 0.408. The van der Waals surface area contributed by atoms with E-state index < -0.39 is 0 Å². The van der Waals surface area contributed by atoms with Gasteiger partial charge in [0.25, 0.3) is 0 Å². The summed E-state index contributed by atoms with van der Waals surface area (Å²) < 4.78 is 7.50. The molecule has 0 spiro atoms. The summed E-state index contributed by atoms with van der Waals surface area (Å²) in [5.74, 6) is 2.43. The zero-order valence-electron chi connectivity index (χ0n) is 10.7. The van der Waals surface area contributed by atoms with Crippen LogP contribution < -0.4 is 4.74 Å². The molecule has 0 fully saturated rings. The Morgan fingerprint density at radius 3 is 2.83 bits per heavy atom. The molecule has 0 bridgehead atoms. The van der Waals surface area contributed by atoms with Crippen molar-refractivity contribution in [3.05, 3.63) is 47.5 Å². The molecule has 0 amide bonds. The van der Waals surface area contributed by atoms with Crippen LogP contribution in [0.2, 0.25) is 0 Å². The summed E-state index contributed by atoms with van der Waals surface area (Å²) in [6, 6.07) is 8.08. The van der Waals surface area contributed by atoms with E-state index in [0.29, 0.717) is 5.88 Å². The Kier molecular flexibility index (Phi) is 4.26. The monoisotopic (exact) mass is 264 g/mol. The molecular weight excluding hydrogens is 248 g/mol. The van der Waals surface area contributed by atoms with E-state index in [9.17, 15) is 0 Å². The van der Waals surface area contributed by atoms with Crippen molar-refractivity contribution < 1.29 is 4.74 Å². The summed E-state index contributed by atoms with van der Waals surface area (Å²) in [4.78, 5) is 4.29. The second kappa shape index (κ2) is 5.91. The maximum atomic E-state index is 5.90. The molecule has 0 saturated heterocycles. The Morgan fingerprint density at radius 1 is 1.33 bits per heavy atom. The number of rotatable bonds is 5. The van der Waals surface area contributed by atoms with Gasteiger partial charge in [-0.1, -0.05) is 18.2 Å². The van der Waals surface area contributed by atoms with Gasteiger partial charge in [0.15, 0.2) is 0 Å². The Bertz CT molecular complexity index is 522. The van der Waals surface area contributed by atoms with Crippen LogP contribution in [0.4, 0.5) is 0 Å². The maximum absolute atomic E-state index is 5.90. The van der Waals surface area contributed by atoms with Crippen LogP contribution in [0.3, 0.4) is 0 Å². The molecule has 0 N–H and O–H groups in total. The molecular formula is C14H17ClN2O. The fraction of sp³-hybridized carbons (Fsp3) is 0.357. The summed E-state index contributed by atoms with van der Waals surface area (Å²) in [5.41, 5.74) is 2.26. The first-order valence-corrected chi connectivity index (χ1v) is 6.48. The number of para-hydroxylation sites is 1. The third kappa shape index (κ3) is 2.67. The molecule has 0 atom stereocenters. The van der Waals surface area contributed by atoms with Crippen LogP contribution in [0.1, 0.15) is 17.1 Å². The zero-order chi connectivity index (χ0) is 13.0. The van der Waals surface area contributed by atoms with Crippen molar-refractivity contribution in [2.45, 2.75) is 25.8 Å². The number of halogens is 1. The highest BCUT2D eigenvalue weighted by Crippen LogP contribution is 2.19. The SMILES string of the molecule is COc1ccccc1CCn1c(CCl)cnc1C. The van der Waals surface area contributed by atoms with Crippen LogP contribution in [-0.2, 0) is 18.8 Å². The van der Waals surface area contributed by atoms with Gasteiger partial charge in [-0.05, 0) is 25.0 Å². The predicted octanol–water partition coefficient (Wildman–Crippen LogP) is 3.18. The molecule has 0 aliphatic heterocycles. The Labute approximate surface area is 112 Å². The van der Waals surface area contributed by atoms with Crippen LogP contribution >= 0.6 is 11.6 Å². The van der Waals surface area contributed by atoms with Gasteiger partial charge in [-0.15, -0.1) is 11.6 Å². The molecule has 0 unspecified atom stereocenters. The van der Waals surface area contributed by atoms with E-state index in [-0.39, 0.29) is 0 Å². The fourth-order valence-corrected chi connectivity index (χ4v) is 2.28. The third-order valence-corrected chi connectivity index (χ3v) is 3.35. The molecule has 0 aliphatic rings. The maximum Gasteiger partial charge on any atom is 0.122 e. The van der Waals surface area contributed by atoms with Crippen molar-refractivity contribution in [1.82, 2.24) is 9.55 Å².